The van der Waals surface area contributed by atoms with E-state index in [1.54, 1.807) is 6.20 Å². The molecule has 0 spiro atoms. The first-order chi connectivity index (χ1) is 15.2. The van der Waals surface area contributed by atoms with Gasteiger partial charge < -0.3 is 15.6 Å². The number of nitrogens with two attached hydrogens (primary N) is 1. The van der Waals surface area contributed by atoms with Crippen molar-refractivity contribution in [3.63, 3.8) is 0 Å². The molecule has 3 heterocycles. The maximum Gasteiger partial charge on any atom is 0.320 e. The third kappa shape index (κ3) is 5.32. The van der Waals surface area contributed by atoms with Crippen LogP contribution in [0.2, 0.25) is 0 Å². The average Bonchev–Trinajstić information content (AvgIpc) is 3.39. The van der Waals surface area contributed by atoms with Gasteiger partial charge in [0.1, 0.15) is 11.9 Å². The van der Waals surface area contributed by atoms with Crippen LogP contribution in [-0.2, 0) is 13.1 Å². The molecule has 0 bridgehead atoms. The number of hydrogen-bond acceptors (Lipinski definition) is 7. The normalized spacial score (nSPS) is 15.5. The lowest BCUT2D eigenvalue weighted by molar-refractivity contribution is 0.135. The van der Waals surface area contributed by atoms with Crippen LogP contribution in [0.3, 0.4) is 0 Å². The quantitative estimate of drug-likeness (QED) is 0.516. The van der Waals surface area contributed by atoms with Gasteiger partial charge in [-0.2, -0.15) is 15.1 Å². The van der Waals surface area contributed by atoms with Crippen LogP contribution < -0.4 is 10.5 Å². The first-order valence-corrected chi connectivity index (χ1v) is 11.2. The zero-order valence-corrected chi connectivity index (χ0v) is 18.2. The van der Waals surface area contributed by atoms with Crippen LogP contribution >= 0.6 is 0 Å². The van der Waals surface area contributed by atoms with E-state index in [-0.39, 0.29) is 18.7 Å². The number of benzene rings is 1. The molecular formula is C23H32N6O2. The van der Waals surface area contributed by atoms with E-state index in [1.165, 1.54) is 37.1 Å². The van der Waals surface area contributed by atoms with Gasteiger partial charge in [0.15, 0.2) is 5.65 Å². The highest BCUT2D eigenvalue weighted by Gasteiger charge is 2.16. The van der Waals surface area contributed by atoms with Gasteiger partial charge in [0.05, 0.1) is 18.1 Å². The Bertz CT molecular complexity index is 993. The summed E-state index contributed by atoms with van der Waals surface area (Å²) in [5, 5.41) is 14.5. The van der Waals surface area contributed by atoms with Crippen LogP contribution in [0.5, 0.6) is 6.01 Å². The van der Waals surface area contributed by atoms with E-state index in [9.17, 15) is 5.11 Å². The number of ether oxygens (including phenoxy) is 1. The van der Waals surface area contributed by atoms with Crippen LogP contribution in [0.25, 0.3) is 11.0 Å². The largest absolute Gasteiger partial charge is 0.460 e. The predicted molar refractivity (Wildman–Crippen MR) is 121 cm³/mol. The van der Waals surface area contributed by atoms with Gasteiger partial charge in [0, 0.05) is 19.6 Å². The third-order valence-electron chi connectivity index (χ3n) is 5.77. The van der Waals surface area contributed by atoms with Crippen molar-refractivity contribution in [2.24, 2.45) is 0 Å². The molecule has 0 aliphatic carbocycles. The van der Waals surface area contributed by atoms with Crippen molar-refractivity contribution in [2.45, 2.75) is 58.2 Å². The number of aromatic nitrogens is 4. The molecular weight excluding hydrogens is 392 g/mol. The molecule has 1 fully saturated rings. The first-order valence-electron chi connectivity index (χ1n) is 11.2. The highest BCUT2D eigenvalue weighted by molar-refractivity contribution is 5.85. The van der Waals surface area contributed by atoms with Crippen LogP contribution in [0, 0.1) is 0 Å². The van der Waals surface area contributed by atoms with Gasteiger partial charge in [-0.15, -0.1) is 0 Å². The lowest BCUT2D eigenvalue weighted by Crippen LogP contribution is -2.19. The molecule has 0 radical (unpaired) electrons. The molecule has 8 nitrogen and oxygen atoms in total. The number of fused-ring (bicyclic) bond motifs is 1. The van der Waals surface area contributed by atoms with Crippen molar-refractivity contribution < 1.29 is 9.84 Å². The highest BCUT2D eigenvalue weighted by Crippen LogP contribution is 2.23. The fraction of sp³-hybridized carbons (Fsp3) is 0.522. The maximum absolute atomic E-state index is 9.29. The molecule has 8 heteroatoms. The number of nitrogen functional groups attached to an aromatic ring is 1. The van der Waals surface area contributed by atoms with Crippen molar-refractivity contribution in [2.75, 3.05) is 25.4 Å². The molecule has 166 valence electrons. The first kappa shape index (κ1) is 21.5. The number of aliphatic hydroxyl groups is 1. The fourth-order valence-corrected chi connectivity index (χ4v) is 4.20. The second-order valence-corrected chi connectivity index (χ2v) is 8.27. The predicted octanol–water partition coefficient (Wildman–Crippen LogP) is 2.98. The minimum atomic E-state index is -0.134. The zero-order valence-electron chi connectivity index (χ0n) is 18.2. The molecule has 0 saturated carbocycles. The van der Waals surface area contributed by atoms with E-state index in [2.05, 4.69) is 51.2 Å². The molecule has 2 aromatic heterocycles. The number of likely N-dealkylation sites (tertiary alicyclic amines) is 1. The molecule has 0 unspecified atom stereocenters. The Labute approximate surface area is 183 Å². The van der Waals surface area contributed by atoms with Crippen molar-refractivity contribution in [3.05, 3.63) is 41.6 Å². The smallest absolute Gasteiger partial charge is 0.320 e. The summed E-state index contributed by atoms with van der Waals surface area (Å²) in [6.07, 6.45) is 6.48. The van der Waals surface area contributed by atoms with Crippen LogP contribution in [0.4, 0.5) is 5.82 Å². The van der Waals surface area contributed by atoms with Gasteiger partial charge in [-0.25, -0.2) is 4.68 Å². The van der Waals surface area contributed by atoms with Gasteiger partial charge in [0.2, 0.25) is 0 Å². The zero-order chi connectivity index (χ0) is 21.6. The van der Waals surface area contributed by atoms with Crippen LogP contribution in [-0.4, -0.2) is 55.6 Å². The summed E-state index contributed by atoms with van der Waals surface area (Å²) in [7, 11) is 0. The molecule has 3 aromatic rings. The number of aliphatic hydroxyl groups excluding tert-OH is 1. The highest BCUT2D eigenvalue weighted by atomic mass is 16.5. The number of nitrogens with zero attached hydrogens (tertiary/aromatic N) is 5. The lowest BCUT2D eigenvalue weighted by Gasteiger charge is -2.16. The van der Waals surface area contributed by atoms with E-state index >= 15 is 0 Å². The summed E-state index contributed by atoms with van der Waals surface area (Å²) < 4.78 is 7.79. The standard InChI is InChI=1S/C23H32N6O2/c1-2-6-19(9-12-30)31-23-26-21(24)20-14-25-29(22(20)27-23)16-18-8-5-7-17(13-18)15-28-10-3-4-11-28/h5,7-8,13-14,19,30H,2-4,6,9-12,15-16H2,1H3,(H2,24,26,27)/t19-/m0/s1. The third-order valence-corrected chi connectivity index (χ3v) is 5.77. The Kier molecular flexibility index (Phi) is 6.99. The average molecular weight is 425 g/mol. The van der Waals surface area contributed by atoms with Gasteiger partial charge in [0.25, 0.3) is 0 Å². The van der Waals surface area contributed by atoms with Crippen LogP contribution in [0.1, 0.15) is 50.2 Å². The van der Waals surface area contributed by atoms with Crippen molar-refractivity contribution in [1.82, 2.24) is 24.6 Å². The van der Waals surface area contributed by atoms with Gasteiger partial charge in [-0.05, 0) is 43.5 Å². The van der Waals surface area contributed by atoms with Gasteiger partial charge >= 0.3 is 6.01 Å². The summed E-state index contributed by atoms with van der Waals surface area (Å²) in [6, 6.07) is 8.88. The molecule has 1 aromatic carbocycles. The minimum absolute atomic E-state index is 0.0636. The monoisotopic (exact) mass is 424 g/mol. The molecule has 4 rings (SSSR count). The second kappa shape index (κ2) is 10.1. The summed E-state index contributed by atoms with van der Waals surface area (Å²) >= 11 is 0. The van der Waals surface area contributed by atoms with Gasteiger partial charge in [-0.3, -0.25) is 4.90 Å². The summed E-state index contributed by atoms with van der Waals surface area (Å²) in [6.45, 7) is 6.10. The van der Waals surface area contributed by atoms with Crippen molar-refractivity contribution >= 4 is 16.9 Å². The minimum Gasteiger partial charge on any atom is -0.460 e. The maximum atomic E-state index is 9.29. The van der Waals surface area contributed by atoms with E-state index in [0.29, 0.717) is 24.4 Å². The summed E-state index contributed by atoms with van der Waals surface area (Å²) in [5.74, 6) is 0.355. The van der Waals surface area contributed by atoms with E-state index < -0.39 is 0 Å². The van der Waals surface area contributed by atoms with E-state index in [0.717, 1.165) is 24.8 Å². The Hall–Kier alpha value is -2.71. The van der Waals surface area contributed by atoms with Crippen molar-refractivity contribution in [3.8, 4) is 6.01 Å². The van der Waals surface area contributed by atoms with E-state index in [4.69, 9.17) is 10.5 Å². The Balaban J connectivity index is 1.54. The van der Waals surface area contributed by atoms with Crippen LogP contribution in [0.15, 0.2) is 30.5 Å². The molecule has 1 aliphatic rings. The summed E-state index contributed by atoms with van der Waals surface area (Å²) in [5.41, 5.74) is 9.31. The molecule has 0 amide bonds. The Morgan fingerprint density at radius 1 is 1.13 bits per heavy atom. The SMILES string of the molecule is CCC[C@@H](CCO)Oc1nc(N)c2cnn(Cc3cccc(CN4CCCC4)c3)c2n1. The number of hydrogen-bond donors (Lipinski definition) is 2. The lowest BCUT2D eigenvalue weighted by atomic mass is 10.1. The fourth-order valence-electron chi connectivity index (χ4n) is 4.20. The number of rotatable bonds is 10. The molecule has 1 saturated heterocycles. The second-order valence-electron chi connectivity index (χ2n) is 8.27. The van der Waals surface area contributed by atoms with Gasteiger partial charge in [-0.1, -0.05) is 37.6 Å². The topological polar surface area (TPSA) is 102 Å². The molecule has 1 atom stereocenters. The number of anilines is 1. The molecule has 1 aliphatic heterocycles. The molecule has 3 N–H and O–H groups in total. The van der Waals surface area contributed by atoms with E-state index in [1.807, 2.05) is 4.68 Å². The Morgan fingerprint density at radius 3 is 2.65 bits per heavy atom. The Morgan fingerprint density at radius 2 is 1.90 bits per heavy atom. The summed E-state index contributed by atoms with van der Waals surface area (Å²) in [4.78, 5) is 11.4. The van der Waals surface area contributed by atoms with Crippen molar-refractivity contribution in [1.29, 1.82) is 0 Å². The molecule has 31 heavy (non-hydrogen) atoms.